The fourth-order valence-corrected chi connectivity index (χ4v) is 2.13. The average Bonchev–Trinajstić information content (AvgIpc) is 3.06. The van der Waals surface area contributed by atoms with Crippen LogP contribution in [-0.2, 0) is 4.79 Å². The highest BCUT2D eigenvalue weighted by Crippen LogP contribution is 2.33. The first-order chi connectivity index (χ1) is 11.7. The van der Waals surface area contributed by atoms with Crippen LogP contribution in [0.15, 0.2) is 60.2 Å². The summed E-state index contributed by atoms with van der Waals surface area (Å²) >= 11 is 0. The second kappa shape index (κ2) is 6.97. The topological polar surface area (TPSA) is 73.6 Å². The Hall–Kier alpha value is -3.12. The van der Waals surface area contributed by atoms with Crippen molar-refractivity contribution in [3.63, 3.8) is 0 Å². The maximum absolute atomic E-state index is 12.3. The summed E-state index contributed by atoms with van der Waals surface area (Å²) in [6.07, 6.45) is 5.19. The standard InChI is InChI=1S/C12H8O3.C6H7FN2/c13-10-3-2-9(10)5-8-1-4-11-12(6-8)15-7-14-11;7-5-2-1-3-6(4-5)9-8/h1-6H,7H2;1-4,9H,8H2. The molecule has 4 rings (SSSR count). The Labute approximate surface area is 138 Å². The fourth-order valence-electron chi connectivity index (χ4n) is 2.13. The van der Waals surface area contributed by atoms with Crippen LogP contribution in [0, 0.1) is 5.82 Å². The molecular weight excluding hydrogens is 311 g/mol. The number of nitrogens with one attached hydrogen (secondary N) is 1. The van der Waals surface area contributed by atoms with Gasteiger partial charge in [0.2, 0.25) is 6.79 Å². The SMILES string of the molecule is NNc1cccc(F)c1.O=C1C=CC1=Cc1ccc2c(c1)OCO2. The van der Waals surface area contributed by atoms with Crippen molar-refractivity contribution >= 4 is 17.5 Å². The molecule has 0 amide bonds. The number of carbonyl (C=O) groups is 1. The Morgan fingerprint density at radius 2 is 1.92 bits per heavy atom. The van der Waals surface area contributed by atoms with Crippen LogP contribution in [0.2, 0.25) is 0 Å². The third-order valence-electron chi connectivity index (χ3n) is 3.41. The van der Waals surface area contributed by atoms with Gasteiger partial charge in [-0.1, -0.05) is 12.1 Å². The Morgan fingerprint density at radius 3 is 2.54 bits per heavy atom. The summed E-state index contributed by atoms with van der Waals surface area (Å²) in [5, 5.41) is 0. The second-order valence-electron chi connectivity index (χ2n) is 5.06. The van der Waals surface area contributed by atoms with Gasteiger partial charge in [-0.05, 0) is 54.1 Å². The molecule has 0 radical (unpaired) electrons. The second-order valence-corrected chi connectivity index (χ2v) is 5.06. The van der Waals surface area contributed by atoms with E-state index in [9.17, 15) is 9.18 Å². The summed E-state index contributed by atoms with van der Waals surface area (Å²) in [6, 6.07) is 11.6. The van der Waals surface area contributed by atoms with Gasteiger partial charge in [0.15, 0.2) is 17.3 Å². The molecule has 5 nitrogen and oxygen atoms in total. The van der Waals surface area contributed by atoms with Crippen molar-refractivity contribution in [3.8, 4) is 11.5 Å². The molecule has 0 unspecified atom stereocenters. The number of hydrogen-bond acceptors (Lipinski definition) is 5. The minimum Gasteiger partial charge on any atom is -0.454 e. The molecule has 1 aliphatic carbocycles. The normalized spacial score (nSPS) is 15.6. The van der Waals surface area contributed by atoms with Crippen molar-refractivity contribution in [1.29, 1.82) is 0 Å². The molecule has 0 saturated carbocycles. The van der Waals surface area contributed by atoms with E-state index < -0.39 is 0 Å². The van der Waals surface area contributed by atoms with Gasteiger partial charge in [0.25, 0.3) is 0 Å². The van der Waals surface area contributed by atoms with Crippen molar-refractivity contribution in [2.24, 2.45) is 5.84 Å². The number of fused-ring (bicyclic) bond motifs is 1. The lowest BCUT2D eigenvalue weighted by Gasteiger charge is -2.05. The maximum Gasteiger partial charge on any atom is 0.231 e. The monoisotopic (exact) mass is 326 g/mol. The summed E-state index contributed by atoms with van der Waals surface area (Å²) in [4.78, 5) is 11.1. The van der Waals surface area contributed by atoms with Crippen LogP contribution in [0.25, 0.3) is 6.08 Å². The van der Waals surface area contributed by atoms with Gasteiger partial charge >= 0.3 is 0 Å². The third kappa shape index (κ3) is 3.61. The average molecular weight is 326 g/mol. The summed E-state index contributed by atoms with van der Waals surface area (Å²) in [5.74, 6) is 6.29. The van der Waals surface area contributed by atoms with E-state index in [1.807, 2.05) is 24.3 Å². The van der Waals surface area contributed by atoms with E-state index in [2.05, 4.69) is 5.43 Å². The number of hydrogen-bond donors (Lipinski definition) is 2. The van der Waals surface area contributed by atoms with Gasteiger partial charge < -0.3 is 14.9 Å². The number of rotatable bonds is 2. The predicted octanol–water partition coefficient (Wildman–Crippen LogP) is 3.05. The lowest BCUT2D eigenvalue weighted by molar-refractivity contribution is -0.111. The van der Waals surface area contributed by atoms with E-state index in [1.54, 1.807) is 24.3 Å². The van der Waals surface area contributed by atoms with Gasteiger partial charge in [-0.25, -0.2) is 4.39 Å². The number of nitrogens with two attached hydrogens (primary N) is 1. The lowest BCUT2D eigenvalue weighted by Crippen LogP contribution is -2.06. The van der Waals surface area contributed by atoms with Gasteiger partial charge in [0, 0.05) is 5.57 Å². The third-order valence-corrected chi connectivity index (χ3v) is 3.41. The summed E-state index contributed by atoms with van der Waals surface area (Å²) in [6.45, 7) is 0.272. The Kier molecular flexibility index (Phi) is 4.58. The van der Waals surface area contributed by atoms with Crippen LogP contribution < -0.4 is 20.7 Å². The van der Waals surface area contributed by atoms with Crippen molar-refractivity contribution in [3.05, 3.63) is 71.6 Å². The molecule has 24 heavy (non-hydrogen) atoms. The van der Waals surface area contributed by atoms with Crippen LogP contribution in [0.5, 0.6) is 11.5 Å². The first-order valence-electron chi connectivity index (χ1n) is 7.21. The number of anilines is 1. The van der Waals surface area contributed by atoms with E-state index in [0.29, 0.717) is 5.69 Å². The molecule has 0 bridgehead atoms. The van der Waals surface area contributed by atoms with Gasteiger partial charge in [-0.15, -0.1) is 0 Å². The number of ketones is 1. The summed E-state index contributed by atoms with van der Waals surface area (Å²) < 4.78 is 22.7. The predicted molar refractivity (Wildman–Crippen MR) is 88.9 cm³/mol. The Morgan fingerprint density at radius 1 is 1.08 bits per heavy atom. The van der Waals surface area contributed by atoms with Crippen LogP contribution in [0.3, 0.4) is 0 Å². The highest BCUT2D eigenvalue weighted by atomic mass is 19.1. The van der Waals surface area contributed by atoms with Crippen LogP contribution in [0.4, 0.5) is 10.1 Å². The molecule has 1 heterocycles. The lowest BCUT2D eigenvalue weighted by atomic mass is 9.98. The number of hydrazine groups is 1. The molecular formula is C18H15FN2O3. The minimum atomic E-state index is -0.287. The molecule has 2 aliphatic rings. The molecule has 0 fully saturated rings. The molecule has 0 aromatic heterocycles. The number of allylic oxidation sites excluding steroid dienone is 3. The number of halogens is 1. The molecule has 1 aliphatic heterocycles. The van der Waals surface area contributed by atoms with Crippen LogP contribution >= 0.6 is 0 Å². The quantitative estimate of drug-likeness (QED) is 0.504. The zero-order chi connectivity index (χ0) is 16.9. The summed E-state index contributed by atoms with van der Waals surface area (Å²) in [5.41, 5.74) is 4.59. The largest absolute Gasteiger partial charge is 0.454 e. The van der Waals surface area contributed by atoms with Gasteiger partial charge in [0.1, 0.15) is 5.82 Å². The highest BCUT2D eigenvalue weighted by molar-refractivity contribution is 6.16. The van der Waals surface area contributed by atoms with Crippen molar-refractivity contribution in [2.45, 2.75) is 0 Å². The zero-order valence-electron chi connectivity index (χ0n) is 12.7. The van der Waals surface area contributed by atoms with Crippen LogP contribution in [-0.4, -0.2) is 12.6 Å². The highest BCUT2D eigenvalue weighted by Gasteiger charge is 2.15. The van der Waals surface area contributed by atoms with Gasteiger partial charge in [-0.2, -0.15) is 0 Å². The van der Waals surface area contributed by atoms with Crippen LogP contribution in [0.1, 0.15) is 5.56 Å². The first-order valence-corrected chi connectivity index (χ1v) is 7.21. The van der Waals surface area contributed by atoms with Gasteiger partial charge in [-0.3, -0.25) is 10.6 Å². The molecule has 122 valence electrons. The van der Waals surface area contributed by atoms with E-state index in [4.69, 9.17) is 15.3 Å². The molecule has 2 aromatic carbocycles. The number of ether oxygens (including phenoxy) is 2. The zero-order valence-corrected chi connectivity index (χ0v) is 12.7. The number of carbonyl (C=O) groups excluding carboxylic acids is 1. The molecule has 3 N–H and O–H groups in total. The minimum absolute atomic E-state index is 0.0765. The van der Waals surface area contributed by atoms with Gasteiger partial charge in [0.05, 0.1) is 5.69 Å². The van der Waals surface area contributed by atoms with Crippen molar-refractivity contribution in [2.75, 3.05) is 12.2 Å². The molecule has 6 heteroatoms. The van der Waals surface area contributed by atoms with E-state index >= 15 is 0 Å². The molecule has 0 saturated heterocycles. The number of benzene rings is 2. The number of nitrogen functional groups attached to an aromatic ring is 1. The van der Waals surface area contributed by atoms with Crippen molar-refractivity contribution in [1.82, 2.24) is 0 Å². The maximum atomic E-state index is 12.3. The summed E-state index contributed by atoms with van der Waals surface area (Å²) in [7, 11) is 0. The van der Waals surface area contributed by atoms with E-state index in [0.717, 1.165) is 22.6 Å². The molecule has 2 aromatic rings. The first kappa shape index (κ1) is 15.8. The van der Waals surface area contributed by atoms with E-state index in [1.165, 1.54) is 12.1 Å². The Balaban J connectivity index is 0.000000162. The van der Waals surface area contributed by atoms with E-state index in [-0.39, 0.29) is 18.4 Å². The Bertz CT molecular complexity index is 831. The smallest absolute Gasteiger partial charge is 0.231 e. The fraction of sp³-hybridized carbons (Fsp3) is 0.0556. The molecule has 0 atom stereocenters. The molecule has 0 spiro atoms. The van der Waals surface area contributed by atoms with Crippen molar-refractivity contribution < 1.29 is 18.7 Å².